The van der Waals surface area contributed by atoms with E-state index in [0.717, 1.165) is 37.8 Å². The van der Waals surface area contributed by atoms with E-state index in [-0.39, 0.29) is 29.4 Å². The maximum absolute atomic E-state index is 13.3. The number of aliphatic hydroxyl groups is 1. The van der Waals surface area contributed by atoms with Crippen molar-refractivity contribution in [1.82, 2.24) is 4.90 Å². The molecule has 24 heavy (non-hydrogen) atoms. The van der Waals surface area contributed by atoms with E-state index in [4.69, 9.17) is 16.3 Å². The van der Waals surface area contributed by atoms with Crippen LogP contribution >= 0.6 is 11.6 Å². The maximum atomic E-state index is 13.3. The molecular weight excluding hydrogens is 326 g/mol. The lowest BCUT2D eigenvalue weighted by Gasteiger charge is -2.38. The summed E-state index contributed by atoms with van der Waals surface area (Å²) in [5, 5.41) is 11.1. The van der Waals surface area contributed by atoms with Crippen LogP contribution in [0.1, 0.15) is 37.7 Å². The molecule has 0 aromatic heterocycles. The quantitative estimate of drug-likeness (QED) is 0.912. The number of rotatable bonds is 3. The summed E-state index contributed by atoms with van der Waals surface area (Å²) >= 11 is 5.99. The van der Waals surface area contributed by atoms with Crippen molar-refractivity contribution in [1.29, 1.82) is 0 Å². The smallest absolute Gasteiger partial charge is 0.233 e. The Labute approximate surface area is 147 Å². The van der Waals surface area contributed by atoms with Crippen LogP contribution in [0, 0.1) is 5.92 Å². The average molecular weight is 350 g/mol. The van der Waals surface area contributed by atoms with Gasteiger partial charge < -0.3 is 14.7 Å². The van der Waals surface area contributed by atoms with Gasteiger partial charge in [0.2, 0.25) is 5.91 Å². The third-order valence-corrected chi connectivity index (χ3v) is 6.22. The number of nitrogens with zero attached hydrogens (tertiary/aromatic N) is 1. The molecule has 0 radical (unpaired) electrons. The third-order valence-electron chi connectivity index (χ3n) is 5.97. The van der Waals surface area contributed by atoms with Gasteiger partial charge in [0.1, 0.15) is 0 Å². The number of hydrogen-bond acceptors (Lipinski definition) is 3. The predicted octanol–water partition coefficient (Wildman–Crippen LogP) is 2.76. The topological polar surface area (TPSA) is 49.8 Å². The highest BCUT2D eigenvalue weighted by Crippen LogP contribution is 2.51. The number of ether oxygens (including phenoxy) is 1. The van der Waals surface area contributed by atoms with Crippen LogP contribution in [0.25, 0.3) is 0 Å². The second-order valence-corrected chi connectivity index (χ2v) is 7.83. The highest BCUT2D eigenvalue weighted by atomic mass is 35.5. The molecule has 4 rings (SSSR count). The SMILES string of the molecule is O=C(N1CCC[C@@H]1[C@H]1COCC[C@@H]1O)C1(c2ccc(Cl)cc2)CC1. The zero-order valence-electron chi connectivity index (χ0n) is 13.8. The molecule has 3 fully saturated rings. The van der Waals surface area contributed by atoms with Gasteiger partial charge in [-0.1, -0.05) is 23.7 Å². The van der Waals surface area contributed by atoms with Crippen LogP contribution in [0.4, 0.5) is 0 Å². The van der Waals surface area contributed by atoms with Crippen LogP contribution in [0.3, 0.4) is 0 Å². The molecule has 0 spiro atoms. The Hall–Kier alpha value is -1.10. The monoisotopic (exact) mass is 349 g/mol. The van der Waals surface area contributed by atoms with Gasteiger partial charge >= 0.3 is 0 Å². The van der Waals surface area contributed by atoms with E-state index in [1.807, 2.05) is 29.2 Å². The fraction of sp³-hybridized carbons (Fsp3) is 0.632. The van der Waals surface area contributed by atoms with Crippen molar-refractivity contribution in [3.63, 3.8) is 0 Å². The summed E-state index contributed by atoms with van der Waals surface area (Å²) in [5.41, 5.74) is 0.705. The minimum Gasteiger partial charge on any atom is -0.393 e. The normalized spacial score (nSPS) is 31.9. The second kappa shape index (κ2) is 6.32. The van der Waals surface area contributed by atoms with Gasteiger partial charge in [-0.2, -0.15) is 0 Å². The molecule has 1 saturated carbocycles. The summed E-state index contributed by atoms with van der Waals surface area (Å²) in [7, 11) is 0. The fourth-order valence-electron chi connectivity index (χ4n) is 4.40. The Morgan fingerprint density at radius 1 is 1.25 bits per heavy atom. The van der Waals surface area contributed by atoms with Gasteiger partial charge in [0.05, 0.1) is 18.1 Å². The molecule has 1 aromatic rings. The van der Waals surface area contributed by atoms with E-state index in [0.29, 0.717) is 24.7 Å². The number of aliphatic hydroxyl groups excluding tert-OH is 1. The third kappa shape index (κ3) is 2.75. The molecule has 1 aliphatic carbocycles. The molecule has 4 nitrogen and oxygen atoms in total. The van der Waals surface area contributed by atoms with E-state index in [2.05, 4.69) is 0 Å². The molecular formula is C19H24ClNO3. The fourth-order valence-corrected chi connectivity index (χ4v) is 4.53. The van der Waals surface area contributed by atoms with E-state index in [1.165, 1.54) is 0 Å². The van der Waals surface area contributed by atoms with E-state index in [9.17, 15) is 9.90 Å². The first-order valence-electron chi connectivity index (χ1n) is 8.95. The van der Waals surface area contributed by atoms with Crippen molar-refractivity contribution < 1.29 is 14.6 Å². The number of hydrogen-bond donors (Lipinski definition) is 1. The number of carbonyl (C=O) groups is 1. The molecule has 1 aromatic carbocycles. The van der Waals surface area contributed by atoms with Crippen molar-refractivity contribution in [2.24, 2.45) is 5.92 Å². The van der Waals surface area contributed by atoms with Gasteiger partial charge in [-0.05, 0) is 49.8 Å². The Morgan fingerprint density at radius 3 is 2.67 bits per heavy atom. The van der Waals surface area contributed by atoms with Crippen LogP contribution in [0.5, 0.6) is 0 Å². The standard InChI is InChI=1S/C19H24ClNO3/c20-14-5-3-13(4-6-14)19(8-9-19)18(23)21-10-1-2-16(21)15-12-24-11-7-17(15)22/h3-6,15-17,22H,1-2,7-12H2/t15-,16-,17+/m1/s1. The van der Waals surface area contributed by atoms with E-state index < -0.39 is 0 Å². The summed E-state index contributed by atoms with van der Waals surface area (Å²) in [4.78, 5) is 15.4. The zero-order chi connectivity index (χ0) is 16.7. The number of likely N-dealkylation sites (tertiary alicyclic amines) is 1. The van der Waals surface area contributed by atoms with Crippen molar-refractivity contribution in [2.45, 2.75) is 49.7 Å². The summed E-state index contributed by atoms with van der Waals surface area (Å²) in [6.07, 6.45) is 4.10. The molecule has 1 N–H and O–H groups in total. The lowest BCUT2D eigenvalue weighted by molar-refractivity contribution is -0.139. The lowest BCUT2D eigenvalue weighted by Crippen LogP contribution is -2.50. The molecule has 5 heteroatoms. The van der Waals surface area contributed by atoms with Gasteiger partial charge in [0.15, 0.2) is 0 Å². The minimum atomic E-state index is -0.367. The molecule has 2 aliphatic heterocycles. The predicted molar refractivity (Wildman–Crippen MR) is 92.0 cm³/mol. The van der Waals surface area contributed by atoms with Gasteiger partial charge in [-0.3, -0.25) is 4.79 Å². The summed E-state index contributed by atoms with van der Waals surface area (Å²) in [5.74, 6) is 0.274. The first-order valence-corrected chi connectivity index (χ1v) is 9.32. The summed E-state index contributed by atoms with van der Waals surface area (Å²) in [6.45, 7) is 1.97. The highest BCUT2D eigenvalue weighted by Gasteiger charge is 2.55. The number of amides is 1. The average Bonchev–Trinajstić information content (AvgIpc) is 3.26. The molecule has 0 unspecified atom stereocenters. The van der Waals surface area contributed by atoms with Crippen LogP contribution in [-0.4, -0.2) is 47.8 Å². The summed E-state index contributed by atoms with van der Waals surface area (Å²) in [6, 6.07) is 7.81. The molecule has 2 saturated heterocycles. The van der Waals surface area contributed by atoms with Gasteiger partial charge in [0.25, 0.3) is 0 Å². The van der Waals surface area contributed by atoms with Crippen LogP contribution in [0.2, 0.25) is 5.02 Å². The Balaban J connectivity index is 1.56. The maximum Gasteiger partial charge on any atom is 0.233 e. The lowest BCUT2D eigenvalue weighted by atomic mass is 9.87. The Kier molecular flexibility index (Phi) is 4.31. The Bertz CT molecular complexity index is 614. The number of halogens is 1. The number of benzene rings is 1. The molecule has 3 atom stereocenters. The van der Waals surface area contributed by atoms with Crippen LogP contribution < -0.4 is 0 Å². The van der Waals surface area contributed by atoms with Crippen molar-refractivity contribution in [3.05, 3.63) is 34.9 Å². The first-order chi connectivity index (χ1) is 11.6. The van der Waals surface area contributed by atoms with Crippen LogP contribution in [-0.2, 0) is 14.9 Å². The highest BCUT2D eigenvalue weighted by molar-refractivity contribution is 6.30. The van der Waals surface area contributed by atoms with Crippen molar-refractivity contribution in [2.75, 3.05) is 19.8 Å². The van der Waals surface area contributed by atoms with E-state index in [1.54, 1.807) is 0 Å². The molecule has 3 aliphatic rings. The van der Waals surface area contributed by atoms with Crippen LogP contribution in [0.15, 0.2) is 24.3 Å². The number of carbonyl (C=O) groups excluding carboxylic acids is 1. The van der Waals surface area contributed by atoms with Crippen molar-refractivity contribution in [3.8, 4) is 0 Å². The van der Waals surface area contributed by atoms with Crippen molar-refractivity contribution >= 4 is 17.5 Å². The molecule has 2 heterocycles. The second-order valence-electron chi connectivity index (χ2n) is 7.39. The van der Waals surface area contributed by atoms with Gasteiger partial charge in [-0.25, -0.2) is 0 Å². The minimum absolute atomic E-state index is 0.0474. The largest absolute Gasteiger partial charge is 0.393 e. The molecule has 1 amide bonds. The van der Waals surface area contributed by atoms with Gasteiger partial charge in [0, 0.05) is 30.1 Å². The van der Waals surface area contributed by atoms with Gasteiger partial charge in [-0.15, -0.1) is 0 Å². The molecule has 130 valence electrons. The Morgan fingerprint density at radius 2 is 2.00 bits per heavy atom. The molecule has 0 bridgehead atoms. The van der Waals surface area contributed by atoms with E-state index >= 15 is 0 Å². The first kappa shape index (κ1) is 16.4. The summed E-state index contributed by atoms with van der Waals surface area (Å²) < 4.78 is 5.58. The zero-order valence-corrected chi connectivity index (χ0v) is 14.5.